The van der Waals surface area contributed by atoms with E-state index < -0.39 is 6.69 Å². The maximum atomic E-state index is 6.57. The molecule has 0 rings (SSSR count). The molecule has 0 spiro atoms. The highest BCUT2D eigenvalue weighted by Gasteiger charge is 2.28. The Morgan fingerprint density at radius 2 is 1.32 bits per heavy atom. The topological polar surface area (TPSA) is 0 Å². The summed E-state index contributed by atoms with van der Waals surface area (Å²) < 4.78 is 0. The molecule has 2 atom stereocenters. The Balaban J connectivity index is 3.76. The van der Waals surface area contributed by atoms with Crippen LogP contribution >= 0.6 is 22.2 Å². The zero-order chi connectivity index (χ0) is 14.9. The average molecular weight is 325 g/mol. The van der Waals surface area contributed by atoms with E-state index in [-0.39, 0.29) is 0 Å². The summed E-state index contributed by atoms with van der Waals surface area (Å²) in [6, 6.07) is 2.15. The first-order valence-corrected chi connectivity index (χ1v) is 12.6. The lowest BCUT2D eigenvalue weighted by Gasteiger charge is -2.21. The van der Waals surface area contributed by atoms with Crippen LogP contribution in [-0.2, 0) is 0 Å². The van der Waals surface area contributed by atoms with Crippen LogP contribution in [0.25, 0.3) is 0 Å². The first kappa shape index (κ1) is 19.8. The van der Waals surface area contributed by atoms with Gasteiger partial charge in [0.05, 0.1) is 0 Å². The van der Waals surface area contributed by atoms with Crippen molar-refractivity contribution in [2.75, 3.05) is 0 Å². The van der Waals surface area contributed by atoms with Crippen LogP contribution in [0.1, 0.15) is 73.1 Å². The van der Waals surface area contributed by atoms with E-state index in [4.69, 9.17) is 22.2 Å². The van der Waals surface area contributed by atoms with Crippen molar-refractivity contribution in [3.8, 4) is 0 Å². The predicted molar refractivity (Wildman–Crippen MR) is 93.6 cm³/mol. The van der Waals surface area contributed by atoms with E-state index in [0.29, 0.717) is 0 Å². The minimum Gasteiger partial charge on any atom is -0.146 e. The molecule has 0 saturated heterocycles. The standard InChI is InChI=1S/C16H34Cl2Si/c1-6-15(4)10-12-19(17,18)13-11-16(5)9-7-8-14(2)3/h14-16H,6-13H2,1-5H3/t15-,16-/m1/s1. The Morgan fingerprint density at radius 3 is 1.79 bits per heavy atom. The van der Waals surface area contributed by atoms with Crippen molar-refractivity contribution in [1.82, 2.24) is 0 Å². The quantitative estimate of drug-likeness (QED) is 0.278. The lowest BCUT2D eigenvalue weighted by molar-refractivity contribution is 0.448. The first-order valence-electron chi connectivity index (χ1n) is 8.14. The highest BCUT2D eigenvalue weighted by molar-refractivity contribution is 7.45. The molecule has 0 unspecified atom stereocenters. The normalized spacial score (nSPS) is 15.8. The fourth-order valence-electron chi connectivity index (χ4n) is 2.26. The van der Waals surface area contributed by atoms with Crippen LogP contribution in [0.4, 0.5) is 0 Å². The molecule has 0 aromatic rings. The Morgan fingerprint density at radius 1 is 0.789 bits per heavy atom. The molecule has 0 nitrogen and oxygen atoms in total. The number of rotatable bonds is 11. The lowest BCUT2D eigenvalue weighted by Crippen LogP contribution is -2.20. The summed E-state index contributed by atoms with van der Waals surface area (Å²) in [5.41, 5.74) is 0. The Bertz CT molecular complexity index is 217. The van der Waals surface area contributed by atoms with E-state index in [9.17, 15) is 0 Å². The third-order valence-electron chi connectivity index (χ3n) is 4.18. The summed E-state index contributed by atoms with van der Waals surface area (Å²) in [5.74, 6) is 2.39. The molecule has 0 heterocycles. The van der Waals surface area contributed by atoms with Gasteiger partial charge in [0.15, 0.2) is 0 Å². The third-order valence-corrected chi connectivity index (χ3v) is 8.49. The van der Waals surface area contributed by atoms with Crippen molar-refractivity contribution < 1.29 is 0 Å². The van der Waals surface area contributed by atoms with E-state index in [2.05, 4.69) is 34.6 Å². The van der Waals surface area contributed by atoms with E-state index in [1.807, 2.05) is 0 Å². The van der Waals surface area contributed by atoms with Crippen LogP contribution in [-0.4, -0.2) is 6.69 Å². The highest BCUT2D eigenvalue weighted by Crippen LogP contribution is 2.33. The van der Waals surface area contributed by atoms with Crippen molar-refractivity contribution in [2.24, 2.45) is 17.8 Å². The summed E-state index contributed by atoms with van der Waals surface area (Å²) in [6.45, 7) is 9.54. The van der Waals surface area contributed by atoms with E-state index >= 15 is 0 Å². The van der Waals surface area contributed by atoms with Crippen molar-refractivity contribution in [1.29, 1.82) is 0 Å². The second-order valence-corrected chi connectivity index (χ2v) is 14.5. The Hall–Kier alpha value is 0.797. The summed E-state index contributed by atoms with van der Waals surface area (Å²) in [6.07, 6.45) is 7.70. The highest BCUT2D eigenvalue weighted by atomic mass is 35.7. The van der Waals surface area contributed by atoms with Gasteiger partial charge in [0.2, 0.25) is 0 Å². The molecule has 0 bridgehead atoms. The largest absolute Gasteiger partial charge is 0.251 e. The number of hydrogen-bond acceptors (Lipinski definition) is 0. The van der Waals surface area contributed by atoms with Gasteiger partial charge in [-0.2, -0.15) is 0 Å². The van der Waals surface area contributed by atoms with Crippen molar-refractivity contribution >= 4 is 28.9 Å². The average Bonchev–Trinajstić information content (AvgIpc) is 2.33. The third kappa shape index (κ3) is 12.3. The first-order chi connectivity index (χ1) is 8.76. The molecule has 0 aliphatic rings. The van der Waals surface area contributed by atoms with Gasteiger partial charge in [-0.05, 0) is 29.8 Å². The summed E-state index contributed by atoms with van der Waals surface area (Å²) >= 11 is 13.1. The maximum Gasteiger partial charge on any atom is 0.251 e. The maximum absolute atomic E-state index is 6.57. The number of hydrogen-bond donors (Lipinski definition) is 0. The van der Waals surface area contributed by atoms with Gasteiger partial charge in [-0.1, -0.05) is 73.1 Å². The molecule has 0 amide bonds. The van der Waals surface area contributed by atoms with Gasteiger partial charge in [0.1, 0.15) is 0 Å². The van der Waals surface area contributed by atoms with Gasteiger partial charge in [-0.3, -0.25) is 0 Å². The second kappa shape index (κ2) is 10.5. The fourth-order valence-corrected chi connectivity index (χ4v) is 5.65. The molecule has 0 fully saturated rings. The molecule has 0 aliphatic heterocycles. The fraction of sp³-hybridized carbons (Fsp3) is 1.00. The van der Waals surface area contributed by atoms with Gasteiger partial charge < -0.3 is 0 Å². The van der Waals surface area contributed by atoms with Gasteiger partial charge >= 0.3 is 0 Å². The summed E-state index contributed by atoms with van der Waals surface area (Å²) in [4.78, 5) is 0. The van der Waals surface area contributed by atoms with Gasteiger partial charge in [-0.15, -0.1) is 22.2 Å². The molecule has 0 N–H and O–H groups in total. The van der Waals surface area contributed by atoms with Crippen LogP contribution in [0, 0.1) is 17.8 Å². The van der Waals surface area contributed by atoms with Crippen LogP contribution in [0.3, 0.4) is 0 Å². The van der Waals surface area contributed by atoms with E-state index in [1.165, 1.54) is 38.5 Å². The summed E-state index contributed by atoms with van der Waals surface area (Å²) in [7, 11) is 0. The van der Waals surface area contributed by atoms with Crippen LogP contribution < -0.4 is 0 Å². The van der Waals surface area contributed by atoms with Gasteiger partial charge in [-0.25, -0.2) is 0 Å². The zero-order valence-corrected chi connectivity index (χ0v) is 16.2. The van der Waals surface area contributed by atoms with Crippen LogP contribution in [0.5, 0.6) is 0 Å². The molecule has 0 saturated carbocycles. The molecule has 0 radical (unpaired) electrons. The van der Waals surface area contributed by atoms with E-state index in [1.54, 1.807) is 0 Å². The van der Waals surface area contributed by atoms with Crippen molar-refractivity contribution in [3.63, 3.8) is 0 Å². The Kier molecular flexibility index (Phi) is 11.0. The molecule has 116 valence electrons. The minimum absolute atomic E-state index is 0.771. The number of halogens is 2. The van der Waals surface area contributed by atoms with Crippen LogP contribution in [0.2, 0.25) is 12.1 Å². The molecule has 0 aliphatic carbocycles. The van der Waals surface area contributed by atoms with Gasteiger partial charge in [0, 0.05) is 0 Å². The SMILES string of the molecule is CC[C@@H](C)CC[Si](Cl)(Cl)CC[C@H](C)CCCC(C)C. The monoisotopic (exact) mass is 324 g/mol. The zero-order valence-electron chi connectivity index (χ0n) is 13.6. The van der Waals surface area contributed by atoms with Crippen molar-refractivity contribution in [3.05, 3.63) is 0 Å². The van der Waals surface area contributed by atoms with Gasteiger partial charge in [0.25, 0.3) is 6.69 Å². The predicted octanol–water partition coefficient (Wildman–Crippen LogP) is 7.19. The molecular weight excluding hydrogens is 291 g/mol. The Labute approximate surface area is 132 Å². The van der Waals surface area contributed by atoms with Crippen molar-refractivity contribution in [2.45, 2.75) is 85.2 Å². The molecule has 3 heteroatoms. The molecule has 0 aromatic heterocycles. The molecule has 19 heavy (non-hydrogen) atoms. The minimum atomic E-state index is -1.96. The lowest BCUT2D eigenvalue weighted by atomic mass is 9.98. The summed E-state index contributed by atoms with van der Waals surface area (Å²) in [5, 5.41) is 0. The molecule has 0 aromatic carbocycles. The van der Waals surface area contributed by atoms with Crippen LogP contribution in [0.15, 0.2) is 0 Å². The molecular formula is C16H34Cl2Si. The van der Waals surface area contributed by atoms with E-state index in [0.717, 1.165) is 29.8 Å². The second-order valence-electron chi connectivity index (χ2n) is 6.88. The smallest absolute Gasteiger partial charge is 0.146 e.